The minimum Gasteiger partial charge on any atom is -0.370 e. The van der Waals surface area contributed by atoms with E-state index >= 15 is 0 Å². The summed E-state index contributed by atoms with van der Waals surface area (Å²) < 4.78 is 0. The molecule has 1 aromatic carbocycles. The van der Waals surface area contributed by atoms with Crippen molar-refractivity contribution in [3.05, 3.63) is 29.8 Å². The number of benzene rings is 1. The quantitative estimate of drug-likeness (QED) is 0.832. The summed E-state index contributed by atoms with van der Waals surface area (Å²) in [5.74, 6) is 2.49. The van der Waals surface area contributed by atoms with Crippen LogP contribution in [0.5, 0.6) is 0 Å². The lowest BCUT2D eigenvalue weighted by molar-refractivity contribution is 0.815. The van der Waals surface area contributed by atoms with Crippen LogP contribution in [0.1, 0.15) is 18.5 Å². The van der Waals surface area contributed by atoms with Crippen molar-refractivity contribution in [2.24, 2.45) is 5.73 Å². The topological polar surface area (TPSA) is 29.3 Å². The zero-order valence-corrected chi connectivity index (χ0v) is 9.96. The predicted molar refractivity (Wildman–Crippen MR) is 68.6 cm³/mol. The summed E-state index contributed by atoms with van der Waals surface area (Å²) in [6.45, 7) is 4.36. The molecule has 1 saturated heterocycles. The molecular weight excluding hydrogens is 204 g/mol. The Balaban J connectivity index is 2.08. The Morgan fingerprint density at radius 3 is 2.33 bits per heavy atom. The number of nitrogens with zero attached hydrogens (tertiary/aromatic N) is 1. The van der Waals surface area contributed by atoms with Crippen molar-refractivity contribution >= 4 is 17.4 Å². The van der Waals surface area contributed by atoms with Gasteiger partial charge in [0.15, 0.2) is 0 Å². The first-order chi connectivity index (χ1) is 7.27. The Bertz CT molecular complexity index is 302. The number of hydrogen-bond acceptors (Lipinski definition) is 3. The molecule has 0 aliphatic carbocycles. The van der Waals surface area contributed by atoms with Crippen molar-refractivity contribution in [2.45, 2.75) is 13.0 Å². The van der Waals surface area contributed by atoms with E-state index in [2.05, 4.69) is 29.2 Å². The van der Waals surface area contributed by atoms with Crippen LogP contribution >= 0.6 is 11.8 Å². The van der Waals surface area contributed by atoms with E-state index in [-0.39, 0.29) is 6.04 Å². The normalized spacial score (nSPS) is 18.9. The zero-order chi connectivity index (χ0) is 10.7. The highest BCUT2D eigenvalue weighted by Gasteiger charge is 2.10. The van der Waals surface area contributed by atoms with Gasteiger partial charge in [-0.1, -0.05) is 12.1 Å². The highest BCUT2D eigenvalue weighted by Crippen LogP contribution is 2.21. The van der Waals surface area contributed by atoms with E-state index in [1.54, 1.807) is 0 Å². The fourth-order valence-corrected chi connectivity index (χ4v) is 2.71. The summed E-state index contributed by atoms with van der Waals surface area (Å²) in [6.07, 6.45) is 0. The van der Waals surface area contributed by atoms with E-state index in [9.17, 15) is 0 Å². The van der Waals surface area contributed by atoms with Crippen LogP contribution in [0, 0.1) is 0 Å². The van der Waals surface area contributed by atoms with Gasteiger partial charge < -0.3 is 10.6 Å². The molecule has 82 valence electrons. The van der Waals surface area contributed by atoms with E-state index in [1.165, 1.54) is 35.8 Å². The van der Waals surface area contributed by atoms with Gasteiger partial charge in [0.2, 0.25) is 0 Å². The van der Waals surface area contributed by atoms with E-state index in [1.807, 2.05) is 18.7 Å². The molecule has 1 aliphatic heterocycles. The molecule has 0 saturated carbocycles. The zero-order valence-electron chi connectivity index (χ0n) is 9.15. The summed E-state index contributed by atoms with van der Waals surface area (Å²) >= 11 is 2.04. The molecule has 1 heterocycles. The summed E-state index contributed by atoms with van der Waals surface area (Å²) in [7, 11) is 0. The molecule has 3 heteroatoms. The first-order valence-corrected chi connectivity index (χ1v) is 6.61. The maximum Gasteiger partial charge on any atom is 0.0366 e. The Morgan fingerprint density at radius 2 is 1.80 bits per heavy atom. The van der Waals surface area contributed by atoms with Gasteiger partial charge in [0.25, 0.3) is 0 Å². The lowest BCUT2D eigenvalue weighted by atomic mass is 10.1. The average Bonchev–Trinajstić information content (AvgIpc) is 2.30. The molecule has 1 aliphatic rings. The Kier molecular flexibility index (Phi) is 3.54. The number of rotatable bonds is 2. The van der Waals surface area contributed by atoms with Crippen molar-refractivity contribution in [3.63, 3.8) is 0 Å². The van der Waals surface area contributed by atoms with Gasteiger partial charge >= 0.3 is 0 Å². The molecule has 15 heavy (non-hydrogen) atoms. The summed E-state index contributed by atoms with van der Waals surface area (Å²) in [4.78, 5) is 2.45. The van der Waals surface area contributed by atoms with Gasteiger partial charge in [0, 0.05) is 36.3 Å². The first kappa shape index (κ1) is 10.8. The molecule has 0 aromatic heterocycles. The Hall–Kier alpha value is -0.670. The van der Waals surface area contributed by atoms with Crippen LogP contribution in [0.4, 0.5) is 5.69 Å². The molecule has 1 atom stereocenters. The van der Waals surface area contributed by atoms with Gasteiger partial charge in [-0.2, -0.15) is 11.8 Å². The standard InChI is InChI=1S/C12H18N2S/c1-10(13)11-2-4-12(5-3-11)14-6-8-15-9-7-14/h2-5,10H,6-9,13H2,1H3/t10-/m0/s1. The molecule has 2 rings (SSSR count). The van der Waals surface area contributed by atoms with Gasteiger partial charge in [-0.25, -0.2) is 0 Å². The second-order valence-corrected chi connectivity index (χ2v) is 5.20. The lowest BCUT2D eigenvalue weighted by Crippen LogP contribution is -2.32. The third kappa shape index (κ3) is 2.67. The van der Waals surface area contributed by atoms with E-state index in [0.717, 1.165) is 0 Å². The van der Waals surface area contributed by atoms with Crippen molar-refractivity contribution in [1.29, 1.82) is 0 Å². The minimum absolute atomic E-state index is 0.135. The summed E-state index contributed by atoms with van der Waals surface area (Å²) in [5.41, 5.74) is 8.37. The van der Waals surface area contributed by atoms with Gasteiger partial charge in [0.05, 0.1) is 0 Å². The van der Waals surface area contributed by atoms with Gasteiger partial charge in [-0.05, 0) is 24.6 Å². The van der Waals surface area contributed by atoms with Crippen molar-refractivity contribution in [2.75, 3.05) is 29.5 Å². The third-order valence-electron chi connectivity index (χ3n) is 2.80. The molecule has 0 amide bonds. The number of nitrogens with two attached hydrogens (primary N) is 1. The van der Waals surface area contributed by atoms with Crippen LogP contribution < -0.4 is 10.6 Å². The van der Waals surface area contributed by atoms with Crippen LogP contribution in [-0.2, 0) is 0 Å². The monoisotopic (exact) mass is 222 g/mol. The first-order valence-electron chi connectivity index (χ1n) is 5.45. The van der Waals surface area contributed by atoms with Gasteiger partial charge in [0.1, 0.15) is 0 Å². The molecule has 0 radical (unpaired) electrons. The maximum absolute atomic E-state index is 5.83. The second-order valence-electron chi connectivity index (χ2n) is 3.98. The minimum atomic E-state index is 0.135. The van der Waals surface area contributed by atoms with Crippen LogP contribution in [0.15, 0.2) is 24.3 Å². The lowest BCUT2D eigenvalue weighted by Gasteiger charge is -2.28. The van der Waals surface area contributed by atoms with Gasteiger partial charge in [-0.15, -0.1) is 0 Å². The molecule has 0 unspecified atom stereocenters. The van der Waals surface area contributed by atoms with Crippen LogP contribution in [-0.4, -0.2) is 24.6 Å². The molecular formula is C12H18N2S. The Morgan fingerprint density at radius 1 is 1.20 bits per heavy atom. The van der Waals surface area contributed by atoms with Crippen LogP contribution in [0.3, 0.4) is 0 Å². The summed E-state index contributed by atoms with van der Waals surface area (Å²) in [6, 6.07) is 8.79. The van der Waals surface area contributed by atoms with Crippen molar-refractivity contribution in [1.82, 2.24) is 0 Å². The number of hydrogen-bond donors (Lipinski definition) is 1. The smallest absolute Gasteiger partial charge is 0.0366 e. The fraction of sp³-hybridized carbons (Fsp3) is 0.500. The van der Waals surface area contributed by atoms with Crippen LogP contribution in [0.25, 0.3) is 0 Å². The van der Waals surface area contributed by atoms with Gasteiger partial charge in [-0.3, -0.25) is 0 Å². The van der Waals surface area contributed by atoms with E-state index in [0.29, 0.717) is 0 Å². The molecule has 1 aromatic rings. The molecule has 0 bridgehead atoms. The number of thioether (sulfide) groups is 1. The Labute approximate surface area is 95.8 Å². The largest absolute Gasteiger partial charge is 0.370 e. The summed E-state index contributed by atoms with van der Waals surface area (Å²) in [5, 5.41) is 0. The number of anilines is 1. The molecule has 0 spiro atoms. The van der Waals surface area contributed by atoms with Crippen molar-refractivity contribution in [3.8, 4) is 0 Å². The average molecular weight is 222 g/mol. The predicted octanol–water partition coefficient (Wildman–Crippen LogP) is 2.26. The molecule has 1 fully saturated rings. The highest BCUT2D eigenvalue weighted by molar-refractivity contribution is 7.99. The SMILES string of the molecule is C[C@H](N)c1ccc(N2CCSCC2)cc1. The van der Waals surface area contributed by atoms with E-state index < -0.39 is 0 Å². The van der Waals surface area contributed by atoms with Crippen LogP contribution in [0.2, 0.25) is 0 Å². The molecule has 2 nitrogen and oxygen atoms in total. The van der Waals surface area contributed by atoms with E-state index in [4.69, 9.17) is 5.73 Å². The fourth-order valence-electron chi connectivity index (χ4n) is 1.81. The van der Waals surface area contributed by atoms with Crippen molar-refractivity contribution < 1.29 is 0 Å². The molecule has 2 N–H and O–H groups in total. The third-order valence-corrected chi connectivity index (χ3v) is 3.74. The second kappa shape index (κ2) is 4.90. The maximum atomic E-state index is 5.83. The highest BCUT2D eigenvalue weighted by atomic mass is 32.2.